The van der Waals surface area contributed by atoms with Gasteiger partial charge in [-0.2, -0.15) is 0 Å². The maximum atomic E-state index is 12.6. The van der Waals surface area contributed by atoms with E-state index in [1.165, 1.54) is 19.3 Å². The molecule has 3 aliphatic rings. The first-order valence-corrected chi connectivity index (χ1v) is 8.35. The van der Waals surface area contributed by atoms with Crippen LogP contribution >= 0.6 is 0 Å². The van der Waals surface area contributed by atoms with Crippen LogP contribution in [0.2, 0.25) is 0 Å². The van der Waals surface area contributed by atoms with E-state index in [4.69, 9.17) is 4.74 Å². The van der Waals surface area contributed by atoms with Crippen LogP contribution < -0.4 is 5.32 Å². The van der Waals surface area contributed by atoms with Crippen LogP contribution in [0.25, 0.3) is 0 Å². The van der Waals surface area contributed by atoms with Crippen molar-refractivity contribution in [3.63, 3.8) is 0 Å². The molecule has 1 aliphatic carbocycles. The average molecular weight is 280 g/mol. The van der Waals surface area contributed by atoms with Crippen molar-refractivity contribution in [2.24, 2.45) is 5.92 Å². The van der Waals surface area contributed by atoms with Gasteiger partial charge in [0.1, 0.15) is 0 Å². The largest absolute Gasteiger partial charge is 0.378 e. The number of amides is 1. The zero-order chi connectivity index (χ0) is 14.1. The first-order chi connectivity index (χ1) is 9.66. The summed E-state index contributed by atoms with van der Waals surface area (Å²) in [6, 6.07) is 0.842. The molecule has 0 aromatic heterocycles. The van der Waals surface area contributed by atoms with Crippen molar-refractivity contribution in [2.45, 2.75) is 76.6 Å². The molecule has 0 spiro atoms. The van der Waals surface area contributed by atoms with Crippen LogP contribution in [0.3, 0.4) is 0 Å². The number of nitrogens with one attached hydrogen (secondary N) is 1. The number of piperidine rings is 1. The third-order valence-corrected chi connectivity index (χ3v) is 5.29. The second-order valence-corrected chi connectivity index (χ2v) is 6.89. The van der Waals surface area contributed by atoms with Crippen LogP contribution in [0.1, 0.15) is 52.4 Å². The summed E-state index contributed by atoms with van der Waals surface area (Å²) in [5.41, 5.74) is 0. The second kappa shape index (κ2) is 6.02. The van der Waals surface area contributed by atoms with Gasteiger partial charge in [-0.3, -0.25) is 4.79 Å². The van der Waals surface area contributed by atoms with Crippen LogP contribution in [-0.4, -0.2) is 48.2 Å². The Bertz CT molecular complexity index is 358. The van der Waals surface area contributed by atoms with E-state index in [0.717, 1.165) is 32.4 Å². The van der Waals surface area contributed by atoms with E-state index in [2.05, 4.69) is 19.2 Å². The lowest BCUT2D eigenvalue weighted by molar-refractivity contribution is -0.138. The summed E-state index contributed by atoms with van der Waals surface area (Å²) in [5, 5.41) is 3.69. The lowest BCUT2D eigenvalue weighted by atomic mass is 9.81. The summed E-state index contributed by atoms with van der Waals surface area (Å²) in [5.74, 6) is 0.943. The van der Waals surface area contributed by atoms with Crippen molar-refractivity contribution >= 4 is 5.91 Å². The summed E-state index contributed by atoms with van der Waals surface area (Å²) < 4.78 is 5.83. The van der Waals surface area contributed by atoms with Crippen LogP contribution in [0, 0.1) is 5.92 Å². The normalized spacial score (nSPS) is 38.4. The van der Waals surface area contributed by atoms with E-state index in [-0.39, 0.29) is 6.04 Å². The maximum absolute atomic E-state index is 12.6. The fourth-order valence-corrected chi connectivity index (χ4v) is 4.21. The van der Waals surface area contributed by atoms with Gasteiger partial charge in [0.15, 0.2) is 0 Å². The topological polar surface area (TPSA) is 41.6 Å². The van der Waals surface area contributed by atoms with Crippen LogP contribution in [0.4, 0.5) is 0 Å². The first-order valence-electron chi connectivity index (χ1n) is 8.35. The Balaban J connectivity index is 1.63. The van der Waals surface area contributed by atoms with Gasteiger partial charge in [0, 0.05) is 31.2 Å². The van der Waals surface area contributed by atoms with Crippen molar-refractivity contribution in [2.75, 3.05) is 13.2 Å². The average Bonchev–Trinajstić information content (AvgIpc) is 2.90. The first kappa shape index (κ1) is 14.3. The molecule has 1 amide bonds. The highest BCUT2D eigenvalue weighted by atomic mass is 16.5. The highest BCUT2D eigenvalue weighted by Gasteiger charge is 2.40. The minimum absolute atomic E-state index is 0.0375. The number of ether oxygens (including phenoxy) is 1. The molecule has 4 nitrogen and oxygen atoms in total. The monoisotopic (exact) mass is 280 g/mol. The molecule has 1 saturated carbocycles. The quantitative estimate of drug-likeness (QED) is 0.859. The molecule has 2 heterocycles. The molecular formula is C16H28N2O2. The van der Waals surface area contributed by atoms with Gasteiger partial charge < -0.3 is 15.0 Å². The molecule has 20 heavy (non-hydrogen) atoms. The van der Waals surface area contributed by atoms with Crippen molar-refractivity contribution in [1.29, 1.82) is 0 Å². The Morgan fingerprint density at radius 2 is 2.05 bits per heavy atom. The molecule has 0 radical (unpaired) electrons. The predicted molar refractivity (Wildman–Crippen MR) is 78.5 cm³/mol. The van der Waals surface area contributed by atoms with Gasteiger partial charge in [0.25, 0.3) is 0 Å². The highest BCUT2D eigenvalue weighted by molar-refractivity contribution is 5.82. The van der Waals surface area contributed by atoms with Crippen molar-refractivity contribution in [3.05, 3.63) is 0 Å². The molecule has 1 N–H and O–H groups in total. The number of hydrogen-bond acceptors (Lipinski definition) is 3. The summed E-state index contributed by atoms with van der Waals surface area (Å²) in [4.78, 5) is 14.6. The Labute approximate surface area is 122 Å². The molecule has 3 rings (SSSR count). The van der Waals surface area contributed by atoms with E-state index >= 15 is 0 Å². The minimum Gasteiger partial charge on any atom is -0.378 e. The molecule has 2 aliphatic heterocycles. The summed E-state index contributed by atoms with van der Waals surface area (Å²) >= 11 is 0. The molecule has 4 atom stereocenters. The summed E-state index contributed by atoms with van der Waals surface area (Å²) in [6.07, 6.45) is 7.37. The van der Waals surface area contributed by atoms with E-state index in [1.807, 2.05) is 4.90 Å². The van der Waals surface area contributed by atoms with E-state index in [1.54, 1.807) is 0 Å². The zero-order valence-corrected chi connectivity index (χ0v) is 12.8. The molecule has 0 aromatic carbocycles. The van der Waals surface area contributed by atoms with E-state index < -0.39 is 0 Å². The summed E-state index contributed by atoms with van der Waals surface area (Å²) in [6.45, 7) is 6.06. The van der Waals surface area contributed by atoms with Gasteiger partial charge in [-0.05, 0) is 52.4 Å². The van der Waals surface area contributed by atoms with E-state index in [9.17, 15) is 4.79 Å². The molecule has 0 aromatic rings. The van der Waals surface area contributed by atoms with Crippen LogP contribution in [0.5, 0.6) is 0 Å². The smallest absolute Gasteiger partial charge is 0.239 e. The van der Waals surface area contributed by atoms with Gasteiger partial charge >= 0.3 is 0 Å². The van der Waals surface area contributed by atoms with Crippen LogP contribution in [-0.2, 0) is 9.53 Å². The third kappa shape index (κ3) is 2.73. The fourth-order valence-electron chi connectivity index (χ4n) is 4.21. The number of nitrogens with zero attached hydrogens (tertiary/aromatic N) is 1. The lowest BCUT2D eigenvalue weighted by Crippen LogP contribution is -2.57. The Hall–Kier alpha value is -0.610. The predicted octanol–water partition coefficient (Wildman–Crippen LogP) is 1.93. The minimum atomic E-state index is 0.0375. The molecule has 4 heteroatoms. The second-order valence-electron chi connectivity index (χ2n) is 6.89. The zero-order valence-electron chi connectivity index (χ0n) is 12.8. The van der Waals surface area contributed by atoms with Crippen LogP contribution in [0.15, 0.2) is 0 Å². The molecule has 4 unspecified atom stereocenters. The van der Waals surface area contributed by atoms with Gasteiger partial charge in [-0.1, -0.05) is 0 Å². The Morgan fingerprint density at radius 1 is 1.20 bits per heavy atom. The van der Waals surface area contributed by atoms with Crippen molar-refractivity contribution < 1.29 is 9.53 Å². The molecule has 2 saturated heterocycles. The fraction of sp³-hybridized carbons (Fsp3) is 0.938. The number of likely N-dealkylation sites (tertiary alicyclic amines) is 1. The standard InChI is InChI=1S/C16H28N2O2/c1-11(2)18-9-4-6-14(16(18)19)17-13-5-3-7-15-12(13)8-10-20-15/h11-15,17H,3-10H2,1-2H3. The lowest BCUT2D eigenvalue weighted by Gasteiger charge is -2.40. The van der Waals surface area contributed by atoms with Crippen molar-refractivity contribution in [1.82, 2.24) is 10.2 Å². The van der Waals surface area contributed by atoms with Gasteiger partial charge in [0.05, 0.1) is 12.1 Å². The number of carbonyl (C=O) groups excluding carboxylic acids is 1. The molecule has 3 fully saturated rings. The number of rotatable bonds is 3. The maximum Gasteiger partial charge on any atom is 0.239 e. The van der Waals surface area contributed by atoms with Crippen molar-refractivity contribution in [3.8, 4) is 0 Å². The molecular weight excluding hydrogens is 252 g/mol. The van der Waals surface area contributed by atoms with E-state index in [0.29, 0.717) is 30.0 Å². The number of hydrogen-bond donors (Lipinski definition) is 1. The third-order valence-electron chi connectivity index (χ3n) is 5.29. The molecule has 114 valence electrons. The van der Waals surface area contributed by atoms with Gasteiger partial charge in [-0.15, -0.1) is 0 Å². The Kier molecular flexibility index (Phi) is 4.32. The van der Waals surface area contributed by atoms with Gasteiger partial charge in [-0.25, -0.2) is 0 Å². The molecule has 0 bridgehead atoms. The highest BCUT2D eigenvalue weighted by Crippen LogP contribution is 2.35. The Morgan fingerprint density at radius 3 is 2.85 bits per heavy atom. The summed E-state index contributed by atoms with van der Waals surface area (Å²) in [7, 11) is 0. The van der Waals surface area contributed by atoms with Gasteiger partial charge in [0.2, 0.25) is 5.91 Å². The SMILES string of the molecule is CC(C)N1CCCC(NC2CCCC3OCCC23)C1=O. The number of carbonyl (C=O) groups is 1. The number of fused-ring (bicyclic) bond motifs is 1.